The molecule has 2 aromatic carbocycles. The van der Waals surface area contributed by atoms with Crippen molar-refractivity contribution in [1.29, 1.82) is 0 Å². The minimum atomic E-state index is -0.842. The lowest BCUT2D eigenvalue weighted by Crippen LogP contribution is -2.42. The number of esters is 2. The highest BCUT2D eigenvalue weighted by atomic mass is 35.5. The Kier molecular flexibility index (Phi) is 9.03. The minimum Gasteiger partial charge on any atom is -0.463 e. The smallest absolute Gasteiger partial charge is 0.344 e. The Labute approximate surface area is 244 Å². The van der Waals surface area contributed by atoms with Crippen molar-refractivity contribution >= 4 is 29.1 Å². The number of aliphatic hydroxyl groups is 1. The monoisotopic (exact) mass is 576 g/mol. The topological polar surface area (TPSA) is 98.2 Å². The fraction of sp³-hybridized carbons (Fsp3) is 0.344. The molecule has 0 atom stereocenters. The van der Waals surface area contributed by atoms with Crippen LogP contribution in [-0.2, 0) is 26.3 Å². The number of benzene rings is 2. The van der Waals surface area contributed by atoms with Gasteiger partial charge in [0.05, 0.1) is 17.8 Å². The largest absolute Gasteiger partial charge is 0.463 e. The molecule has 0 saturated carbocycles. The maximum atomic E-state index is 13.0. The van der Waals surface area contributed by atoms with Gasteiger partial charge in [0.25, 0.3) is 0 Å². The molecule has 0 spiro atoms. The summed E-state index contributed by atoms with van der Waals surface area (Å²) in [5, 5.41) is 11.9. The first-order valence-electron chi connectivity index (χ1n) is 13.8. The lowest BCUT2D eigenvalue weighted by atomic mass is 9.84. The van der Waals surface area contributed by atoms with Gasteiger partial charge in [0.1, 0.15) is 5.75 Å². The van der Waals surface area contributed by atoms with Gasteiger partial charge in [-0.1, -0.05) is 35.9 Å². The van der Waals surface area contributed by atoms with Gasteiger partial charge in [-0.3, -0.25) is 0 Å². The van der Waals surface area contributed by atoms with Crippen LogP contribution < -0.4 is 4.74 Å². The van der Waals surface area contributed by atoms with Crippen LogP contribution in [0.5, 0.6) is 11.6 Å². The number of likely N-dealkylation sites (tertiary alicyclic amines) is 1. The second-order valence-electron chi connectivity index (χ2n) is 10.2. The van der Waals surface area contributed by atoms with Crippen molar-refractivity contribution in [3.63, 3.8) is 0 Å². The average Bonchev–Trinajstić information content (AvgIpc) is 3.14. The first-order valence-corrected chi connectivity index (χ1v) is 14.2. The van der Waals surface area contributed by atoms with E-state index in [2.05, 4.69) is 16.0 Å². The molecular formula is C32H33ClN2O6. The number of piperidine rings is 1. The van der Waals surface area contributed by atoms with Gasteiger partial charge >= 0.3 is 11.9 Å². The standard InChI is InChI=1S/C32H33ClN2O6/c1-2-39-29(36)21-40-31(37)26-7-3-9-28-27(26)20-22(25-8-4-16-34-30(25)41-28)6-5-17-35-18-14-32(38,15-19-35)23-10-12-24(33)13-11-23/h3-4,6-13,16,38H,2,5,14-15,17-21H2,1H3/b22-6-. The third-order valence-corrected chi connectivity index (χ3v) is 7.82. The van der Waals surface area contributed by atoms with Crippen molar-refractivity contribution < 1.29 is 28.9 Å². The Morgan fingerprint density at radius 2 is 1.88 bits per heavy atom. The summed E-state index contributed by atoms with van der Waals surface area (Å²) in [6.45, 7) is 3.84. The molecule has 41 heavy (non-hydrogen) atoms. The quantitative estimate of drug-likeness (QED) is 0.348. The van der Waals surface area contributed by atoms with E-state index in [9.17, 15) is 14.7 Å². The minimum absolute atomic E-state index is 0.213. The van der Waals surface area contributed by atoms with Crippen molar-refractivity contribution in [2.75, 3.05) is 32.8 Å². The molecule has 1 saturated heterocycles. The molecule has 3 aromatic rings. The fourth-order valence-electron chi connectivity index (χ4n) is 5.34. The normalized spacial score (nSPS) is 17.1. The Hall–Kier alpha value is -3.72. The number of carbonyl (C=O) groups is 2. The first-order chi connectivity index (χ1) is 19.9. The molecule has 2 aliphatic heterocycles. The first kappa shape index (κ1) is 28.8. The lowest BCUT2D eigenvalue weighted by molar-refractivity contribution is -0.146. The number of nitrogens with zero attached hydrogens (tertiary/aromatic N) is 2. The highest BCUT2D eigenvalue weighted by Crippen LogP contribution is 2.39. The van der Waals surface area contributed by atoms with Gasteiger partial charge in [-0.05, 0) is 73.7 Å². The van der Waals surface area contributed by atoms with Crippen LogP contribution in [0, 0.1) is 0 Å². The van der Waals surface area contributed by atoms with Gasteiger partial charge in [-0.15, -0.1) is 0 Å². The van der Waals surface area contributed by atoms with Gasteiger partial charge < -0.3 is 24.2 Å². The van der Waals surface area contributed by atoms with Crippen molar-refractivity contribution in [2.45, 2.75) is 38.2 Å². The summed E-state index contributed by atoms with van der Waals surface area (Å²) >= 11 is 6.02. The zero-order valence-corrected chi connectivity index (χ0v) is 23.7. The van der Waals surface area contributed by atoms with E-state index in [0.29, 0.717) is 47.0 Å². The van der Waals surface area contributed by atoms with Gasteiger partial charge in [0.15, 0.2) is 6.61 Å². The van der Waals surface area contributed by atoms with E-state index in [1.54, 1.807) is 31.3 Å². The maximum Gasteiger partial charge on any atom is 0.344 e. The van der Waals surface area contributed by atoms with Crippen LogP contribution in [0.1, 0.15) is 53.2 Å². The average molecular weight is 577 g/mol. The highest BCUT2D eigenvalue weighted by molar-refractivity contribution is 6.30. The summed E-state index contributed by atoms with van der Waals surface area (Å²) in [4.78, 5) is 31.5. The van der Waals surface area contributed by atoms with E-state index in [1.807, 2.05) is 36.4 Å². The van der Waals surface area contributed by atoms with Gasteiger partial charge in [0, 0.05) is 48.4 Å². The summed E-state index contributed by atoms with van der Waals surface area (Å²) in [7, 11) is 0. The molecule has 2 aliphatic rings. The molecule has 214 valence electrons. The van der Waals surface area contributed by atoms with Crippen LogP contribution in [0.25, 0.3) is 5.57 Å². The summed E-state index contributed by atoms with van der Waals surface area (Å²) in [6, 6.07) is 16.5. The van der Waals surface area contributed by atoms with E-state index < -0.39 is 24.1 Å². The van der Waals surface area contributed by atoms with Crippen molar-refractivity contribution in [3.8, 4) is 11.6 Å². The number of hydrogen-bond donors (Lipinski definition) is 1. The zero-order valence-electron chi connectivity index (χ0n) is 23.0. The molecule has 0 amide bonds. The molecule has 0 radical (unpaired) electrons. The number of hydrogen-bond acceptors (Lipinski definition) is 8. The molecule has 9 heteroatoms. The molecular weight excluding hydrogens is 544 g/mol. The second-order valence-corrected chi connectivity index (χ2v) is 10.6. The molecule has 1 fully saturated rings. The predicted molar refractivity (Wildman–Crippen MR) is 155 cm³/mol. The van der Waals surface area contributed by atoms with Crippen LogP contribution >= 0.6 is 11.6 Å². The van der Waals surface area contributed by atoms with E-state index >= 15 is 0 Å². The molecule has 0 unspecified atom stereocenters. The van der Waals surface area contributed by atoms with E-state index in [-0.39, 0.29) is 6.61 Å². The number of aromatic nitrogens is 1. The number of fused-ring (bicyclic) bond motifs is 2. The molecule has 0 bridgehead atoms. The third-order valence-electron chi connectivity index (χ3n) is 7.57. The molecule has 0 aliphatic carbocycles. The molecule has 8 nitrogen and oxygen atoms in total. The maximum absolute atomic E-state index is 13.0. The van der Waals surface area contributed by atoms with Gasteiger partial charge in [-0.2, -0.15) is 0 Å². The van der Waals surface area contributed by atoms with Crippen LogP contribution in [0.3, 0.4) is 0 Å². The SMILES string of the molecule is CCOC(=O)COC(=O)c1cccc2c1C/C(=C/CCN1CCC(O)(c3ccc(Cl)cc3)CC1)c1cccnc1O2. The Balaban J connectivity index is 1.29. The Morgan fingerprint density at radius 1 is 1.10 bits per heavy atom. The van der Waals surface area contributed by atoms with Crippen molar-refractivity contribution in [2.24, 2.45) is 0 Å². The van der Waals surface area contributed by atoms with Crippen LogP contribution in [0.2, 0.25) is 5.02 Å². The number of rotatable bonds is 8. The number of ether oxygens (including phenoxy) is 3. The summed E-state index contributed by atoms with van der Waals surface area (Å²) in [6.07, 6.45) is 6.35. The number of carbonyl (C=O) groups excluding carboxylic acids is 2. The Bertz CT molecular complexity index is 1430. The number of halogens is 1. The molecule has 1 N–H and O–H groups in total. The van der Waals surface area contributed by atoms with Crippen molar-refractivity contribution in [1.82, 2.24) is 9.88 Å². The number of allylic oxidation sites excluding steroid dienone is 1. The molecule has 3 heterocycles. The Morgan fingerprint density at radius 3 is 2.63 bits per heavy atom. The third kappa shape index (κ3) is 6.78. The number of pyridine rings is 1. The van der Waals surface area contributed by atoms with Crippen LogP contribution in [-0.4, -0.2) is 59.8 Å². The highest BCUT2D eigenvalue weighted by Gasteiger charge is 2.33. The van der Waals surface area contributed by atoms with E-state index in [0.717, 1.165) is 42.8 Å². The van der Waals surface area contributed by atoms with Crippen LogP contribution in [0.4, 0.5) is 0 Å². The fourth-order valence-corrected chi connectivity index (χ4v) is 5.47. The zero-order chi connectivity index (χ0) is 28.8. The predicted octanol–water partition coefficient (Wildman–Crippen LogP) is 5.56. The van der Waals surface area contributed by atoms with Crippen LogP contribution in [0.15, 0.2) is 66.9 Å². The summed E-state index contributed by atoms with van der Waals surface area (Å²) < 4.78 is 16.3. The van der Waals surface area contributed by atoms with Gasteiger partial charge in [-0.25, -0.2) is 14.6 Å². The van der Waals surface area contributed by atoms with Gasteiger partial charge in [0.2, 0.25) is 5.88 Å². The van der Waals surface area contributed by atoms with Crippen molar-refractivity contribution in [3.05, 3.63) is 94.1 Å². The second kappa shape index (κ2) is 12.9. The summed E-state index contributed by atoms with van der Waals surface area (Å²) in [5.41, 5.74) is 2.93. The summed E-state index contributed by atoms with van der Waals surface area (Å²) in [5.74, 6) is -0.212. The molecule has 5 rings (SSSR count). The van der Waals surface area contributed by atoms with E-state index in [4.69, 9.17) is 25.8 Å². The lowest BCUT2D eigenvalue weighted by Gasteiger charge is -2.38. The molecule has 1 aromatic heterocycles. The van der Waals surface area contributed by atoms with E-state index in [1.165, 1.54) is 0 Å².